The Bertz CT molecular complexity index is 473. The summed E-state index contributed by atoms with van der Waals surface area (Å²) in [6.07, 6.45) is 8.72. The van der Waals surface area contributed by atoms with E-state index in [0.717, 1.165) is 31.1 Å². The van der Waals surface area contributed by atoms with Crippen LogP contribution in [0.5, 0.6) is 5.75 Å². The number of aliphatic imine (C=N–C) groups is 1. The fourth-order valence-corrected chi connectivity index (χ4v) is 2.96. The van der Waals surface area contributed by atoms with Crippen molar-refractivity contribution < 1.29 is 4.74 Å². The van der Waals surface area contributed by atoms with E-state index in [1.807, 2.05) is 19.2 Å². The lowest BCUT2D eigenvalue weighted by molar-refractivity contribution is 0.410. The number of nitrogens with one attached hydrogen (secondary N) is 2. The van der Waals surface area contributed by atoms with Crippen molar-refractivity contribution in [3.63, 3.8) is 0 Å². The molecule has 0 spiro atoms. The third-order valence-electron chi connectivity index (χ3n) is 4.24. The molecule has 5 heteroatoms. The third kappa shape index (κ3) is 7.42. The summed E-state index contributed by atoms with van der Waals surface area (Å²) in [5.74, 6) is 1.87. The quantitative estimate of drug-likeness (QED) is 0.312. The topological polar surface area (TPSA) is 45.7 Å². The molecular weight excluding hydrogens is 401 g/mol. The molecule has 1 aromatic carbocycles. The van der Waals surface area contributed by atoms with Crippen molar-refractivity contribution in [3.8, 4) is 5.75 Å². The predicted octanol–water partition coefficient (Wildman–Crippen LogP) is 3.74. The molecule has 2 N–H and O–H groups in total. The van der Waals surface area contributed by atoms with Gasteiger partial charge in [-0.25, -0.2) is 0 Å². The molecule has 1 fully saturated rings. The van der Waals surface area contributed by atoms with Crippen LogP contribution < -0.4 is 15.4 Å². The molecule has 2 rings (SSSR count). The number of benzene rings is 1. The summed E-state index contributed by atoms with van der Waals surface area (Å²) < 4.78 is 5.26. The number of ether oxygens (including phenoxy) is 1. The Balaban J connectivity index is 0.00000264. The monoisotopic (exact) mass is 431 g/mol. The molecule has 0 unspecified atom stereocenters. The minimum absolute atomic E-state index is 0. The van der Waals surface area contributed by atoms with Gasteiger partial charge in [-0.05, 0) is 43.4 Å². The van der Waals surface area contributed by atoms with E-state index in [9.17, 15) is 0 Å². The van der Waals surface area contributed by atoms with E-state index in [4.69, 9.17) is 4.74 Å². The Kier molecular flexibility index (Phi) is 10.1. The van der Waals surface area contributed by atoms with Gasteiger partial charge in [0.2, 0.25) is 0 Å². The van der Waals surface area contributed by atoms with Crippen LogP contribution in [0.25, 0.3) is 0 Å². The zero-order valence-corrected chi connectivity index (χ0v) is 16.6. The molecule has 4 nitrogen and oxygen atoms in total. The van der Waals surface area contributed by atoms with Crippen LogP contribution in [0.4, 0.5) is 0 Å². The third-order valence-corrected chi connectivity index (χ3v) is 4.24. The van der Waals surface area contributed by atoms with Crippen LogP contribution in [0.15, 0.2) is 29.3 Å². The number of guanidine groups is 1. The van der Waals surface area contributed by atoms with Crippen LogP contribution >= 0.6 is 24.0 Å². The highest BCUT2D eigenvalue weighted by molar-refractivity contribution is 14.0. The van der Waals surface area contributed by atoms with E-state index < -0.39 is 0 Å². The highest BCUT2D eigenvalue weighted by atomic mass is 127. The first kappa shape index (κ1) is 20.1. The van der Waals surface area contributed by atoms with Gasteiger partial charge in [0.05, 0.1) is 7.11 Å². The molecule has 0 aromatic heterocycles. The van der Waals surface area contributed by atoms with Crippen LogP contribution in [-0.2, 0) is 6.42 Å². The van der Waals surface area contributed by atoms with Crippen LogP contribution in [-0.4, -0.2) is 32.7 Å². The van der Waals surface area contributed by atoms with Crippen molar-refractivity contribution in [1.29, 1.82) is 0 Å². The van der Waals surface area contributed by atoms with Crippen molar-refractivity contribution in [2.24, 2.45) is 4.99 Å². The van der Waals surface area contributed by atoms with Gasteiger partial charge in [-0.15, -0.1) is 24.0 Å². The minimum Gasteiger partial charge on any atom is -0.497 e. The molecule has 23 heavy (non-hydrogen) atoms. The molecule has 130 valence electrons. The van der Waals surface area contributed by atoms with Crippen LogP contribution in [0.1, 0.15) is 44.1 Å². The maximum absolute atomic E-state index is 5.26. The highest BCUT2D eigenvalue weighted by Crippen LogP contribution is 2.17. The normalized spacial score (nSPS) is 15.7. The van der Waals surface area contributed by atoms with E-state index in [-0.39, 0.29) is 24.0 Å². The molecule has 1 aromatic rings. The van der Waals surface area contributed by atoms with Gasteiger partial charge in [-0.1, -0.05) is 31.4 Å². The van der Waals surface area contributed by atoms with E-state index in [1.54, 1.807) is 7.11 Å². The second kappa shape index (κ2) is 11.5. The Morgan fingerprint density at radius 1 is 1.26 bits per heavy atom. The van der Waals surface area contributed by atoms with Crippen LogP contribution in [0.3, 0.4) is 0 Å². The summed E-state index contributed by atoms with van der Waals surface area (Å²) >= 11 is 0. The molecule has 0 amide bonds. The molecule has 0 atom stereocenters. The fourth-order valence-electron chi connectivity index (χ4n) is 2.96. The zero-order chi connectivity index (χ0) is 15.6. The molecule has 0 bridgehead atoms. The lowest BCUT2D eigenvalue weighted by Gasteiger charge is -2.24. The molecule has 0 saturated heterocycles. The summed E-state index contributed by atoms with van der Waals surface area (Å²) in [6, 6.07) is 8.88. The van der Waals surface area contributed by atoms with E-state index in [0.29, 0.717) is 6.04 Å². The summed E-state index contributed by atoms with van der Waals surface area (Å²) in [4.78, 5) is 4.33. The van der Waals surface area contributed by atoms with Gasteiger partial charge in [0.1, 0.15) is 5.75 Å². The van der Waals surface area contributed by atoms with E-state index >= 15 is 0 Å². The van der Waals surface area contributed by atoms with Gasteiger partial charge in [-0.2, -0.15) is 0 Å². The van der Waals surface area contributed by atoms with Crippen molar-refractivity contribution in [1.82, 2.24) is 10.6 Å². The van der Waals surface area contributed by atoms with Crippen molar-refractivity contribution >= 4 is 29.9 Å². The maximum atomic E-state index is 5.26. The summed E-state index contributed by atoms with van der Waals surface area (Å²) in [5.41, 5.74) is 1.32. The van der Waals surface area contributed by atoms with Gasteiger partial charge in [0, 0.05) is 19.6 Å². The number of hydrogen-bond acceptors (Lipinski definition) is 2. The van der Waals surface area contributed by atoms with Crippen LogP contribution in [0, 0.1) is 0 Å². The molecule has 1 aliphatic rings. The first-order chi connectivity index (χ1) is 10.8. The van der Waals surface area contributed by atoms with Gasteiger partial charge in [0.25, 0.3) is 0 Å². The Morgan fingerprint density at radius 3 is 2.74 bits per heavy atom. The second-order valence-electron chi connectivity index (χ2n) is 5.93. The lowest BCUT2D eigenvalue weighted by Crippen LogP contribution is -2.44. The van der Waals surface area contributed by atoms with Crippen molar-refractivity contribution in [3.05, 3.63) is 29.8 Å². The molecule has 0 heterocycles. The summed E-state index contributed by atoms with van der Waals surface area (Å²) in [7, 11) is 3.56. The smallest absolute Gasteiger partial charge is 0.191 e. The van der Waals surface area contributed by atoms with E-state index in [2.05, 4.69) is 27.8 Å². The SMILES string of the molecule is CN=C(NCCCc1cccc(OC)c1)NC1CCCCC1.I. The average molecular weight is 431 g/mol. The summed E-state index contributed by atoms with van der Waals surface area (Å²) in [6.45, 7) is 0.934. The molecule has 0 aliphatic heterocycles. The van der Waals surface area contributed by atoms with E-state index in [1.165, 1.54) is 37.7 Å². The molecule has 1 saturated carbocycles. The Labute approximate surface area is 157 Å². The zero-order valence-electron chi connectivity index (χ0n) is 14.3. The first-order valence-electron chi connectivity index (χ1n) is 8.42. The van der Waals surface area contributed by atoms with Gasteiger partial charge in [0.15, 0.2) is 5.96 Å². The number of hydrogen-bond donors (Lipinski definition) is 2. The number of nitrogens with zero attached hydrogens (tertiary/aromatic N) is 1. The highest BCUT2D eigenvalue weighted by Gasteiger charge is 2.14. The van der Waals surface area contributed by atoms with Gasteiger partial charge in [-0.3, -0.25) is 4.99 Å². The standard InChI is InChI=1S/C18H29N3O.HI/c1-19-18(21-16-10-4-3-5-11-16)20-13-7-9-15-8-6-12-17(14-15)22-2;/h6,8,12,14,16H,3-5,7,9-11,13H2,1-2H3,(H2,19,20,21);1H. The number of halogens is 1. The van der Waals surface area contributed by atoms with Crippen molar-refractivity contribution in [2.45, 2.75) is 51.0 Å². The number of rotatable bonds is 6. The Hall–Kier alpha value is -0.980. The number of aryl methyl sites for hydroxylation is 1. The van der Waals surface area contributed by atoms with Crippen LogP contribution in [0.2, 0.25) is 0 Å². The maximum Gasteiger partial charge on any atom is 0.191 e. The minimum atomic E-state index is 0. The molecular formula is C18H30IN3O. The predicted molar refractivity (Wildman–Crippen MR) is 108 cm³/mol. The number of methoxy groups -OCH3 is 1. The molecule has 0 radical (unpaired) electrons. The van der Waals surface area contributed by atoms with Gasteiger partial charge >= 0.3 is 0 Å². The fraction of sp³-hybridized carbons (Fsp3) is 0.611. The Morgan fingerprint density at radius 2 is 2.04 bits per heavy atom. The summed E-state index contributed by atoms with van der Waals surface area (Å²) in [5, 5.41) is 6.96. The average Bonchev–Trinajstić information content (AvgIpc) is 2.58. The lowest BCUT2D eigenvalue weighted by atomic mass is 9.96. The van der Waals surface area contributed by atoms with Gasteiger partial charge < -0.3 is 15.4 Å². The first-order valence-corrected chi connectivity index (χ1v) is 8.42. The molecule has 1 aliphatic carbocycles. The largest absolute Gasteiger partial charge is 0.497 e. The second-order valence-corrected chi connectivity index (χ2v) is 5.93. The van der Waals surface area contributed by atoms with Crippen molar-refractivity contribution in [2.75, 3.05) is 20.7 Å².